The maximum absolute atomic E-state index is 11.8. The molecule has 1 N–H and O–H groups in total. The molecule has 0 fully saturated rings. The van der Waals surface area contributed by atoms with Gasteiger partial charge < -0.3 is 15.0 Å². The molecule has 2 aromatic rings. The van der Waals surface area contributed by atoms with Gasteiger partial charge in [-0.25, -0.2) is 0 Å². The number of carbonyl (C=O) groups is 2. The van der Waals surface area contributed by atoms with Crippen molar-refractivity contribution in [1.29, 1.82) is 0 Å². The first-order valence-electron chi connectivity index (χ1n) is 8.33. The van der Waals surface area contributed by atoms with Gasteiger partial charge in [0.1, 0.15) is 5.75 Å². The van der Waals surface area contributed by atoms with E-state index in [1.807, 2.05) is 25.2 Å². The second-order valence-electron chi connectivity index (χ2n) is 5.83. The van der Waals surface area contributed by atoms with E-state index in [0.717, 1.165) is 18.7 Å². The Morgan fingerprint density at radius 2 is 1.72 bits per heavy atom. The fourth-order valence-electron chi connectivity index (χ4n) is 2.34. The van der Waals surface area contributed by atoms with E-state index in [4.69, 9.17) is 4.74 Å². The third kappa shape index (κ3) is 6.30. The van der Waals surface area contributed by atoms with Crippen molar-refractivity contribution < 1.29 is 14.3 Å². The average Bonchev–Trinajstić information content (AvgIpc) is 2.64. The second-order valence-corrected chi connectivity index (χ2v) is 5.83. The number of nitrogens with zero attached hydrogens (tertiary/aromatic N) is 1. The van der Waals surface area contributed by atoms with Crippen LogP contribution in [0.2, 0.25) is 0 Å². The zero-order chi connectivity index (χ0) is 18.1. The largest absolute Gasteiger partial charge is 0.484 e. The van der Waals surface area contributed by atoms with Gasteiger partial charge in [-0.05, 0) is 49.7 Å². The Labute approximate surface area is 148 Å². The standard InChI is InChI=1S/C20H24N2O3/c1-16(23)17-9-11-19(12-10-17)25-15-20(24)21-13-6-14-22(2)18-7-4-3-5-8-18/h3-5,7-12H,6,13-15H2,1-2H3,(H,21,24). The highest BCUT2D eigenvalue weighted by Crippen LogP contribution is 2.12. The Morgan fingerprint density at radius 1 is 1.04 bits per heavy atom. The lowest BCUT2D eigenvalue weighted by Gasteiger charge is -2.19. The lowest BCUT2D eigenvalue weighted by atomic mass is 10.1. The Morgan fingerprint density at radius 3 is 2.36 bits per heavy atom. The first-order valence-corrected chi connectivity index (χ1v) is 8.33. The first-order chi connectivity index (χ1) is 12.1. The van der Waals surface area contributed by atoms with Crippen molar-refractivity contribution in [2.45, 2.75) is 13.3 Å². The van der Waals surface area contributed by atoms with Gasteiger partial charge in [-0.15, -0.1) is 0 Å². The van der Waals surface area contributed by atoms with Crippen LogP contribution in [0.25, 0.3) is 0 Å². The van der Waals surface area contributed by atoms with Crippen molar-refractivity contribution >= 4 is 17.4 Å². The van der Waals surface area contributed by atoms with E-state index in [2.05, 4.69) is 22.3 Å². The summed E-state index contributed by atoms with van der Waals surface area (Å²) in [6.45, 7) is 2.94. The molecule has 0 bridgehead atoms. The minimum absolute atomic E-state index is 0.00441. The van der Waals surface area contributed by atoms with Crippen LogP contribution in [-0.2, 0) is 4.79 Å². The van der Waals surface area contributed by atoms with Gasteiger partial charge in [-0.2, -0.15) is 0 Å². The van der Waals surface area contributed by atoms with Crippen LogP contribution in [0.5, 0.6) is 5.75 Å². The number of para-hydroxylation sites is 1. The van der Waals surface area contributed by atoms with E-state index in [1.165, 1.54) is 6.92 Å². The summed E-state index contributed by atoms with van der Waals surface area (Å²) in [5, 5.41) is 2.84. The maximum Gasteiger partial charge on any atom is 0.257 e. The van der Waals surface area contributed by atoms with Crippen LogP contribution in [0.3, 0.4) is 0 Å². The molecule has 0 atom stereocenters. The molecule has 0 heterocycles. The van der Waals surface area contributed by atoms with Crippen molar-refractivity contribution in [2.24, 2.45) is 0 Å². The number of hydrogen-bond donors (Lipinski definition) is 1. The van der Waals surface area contributed by atoms with Gasteiger partial charge in [-0.3, -0.25) is 9.59 Å². The lowest BCUT2D eigenvalue weighted by Crippen LogP contribution is -2.31. The second kappa shape index (κ2) is 9.47. The fourth-order valence-corrected chi connectivity index (χ4v) is 2.34. The van der Waals surface area contributed by atoms with Gasteiger partial charge >= 0.3 is 0 Å². The molecule has 1 amide bonds. The quantitative estimate of drug-likeness (QED) is 0.563. The third-order valence-electron chi connectivity index (χ3n) is 3.82. The van der Waals surface area contributed by atoms with Gasteiger partial charge in [0.2, 0.25) is 0 Å². The van der Waals surface area contributed by atoms with E-state index in [9.17, 15) is 9.59 Å². The zero-order valence-electron chi connectivity index (χ0n) is 14.7. The molecule has 0 aliphatic heterocycles. The summed E-state index contributed by atoms with van der Waals surface area (Å²) in [5.41, 5.74) is 1.78. The molecule has 0 radical (unpaired) electrons. The van der Waals surface area contributed by atoms with Crippen molar-refractivity contribution in [3.63, 3.8) is 0 Å². The molecule has 5 heteroatoms. The molecule has 2 rings (SSSR count). The molecule has 0 aliphatic rings. The summed E-state index contributed by atoms with van der Waals surface area (Å²) in [6.07, 6.45) is 0.852. The highest BCUT2D eigenvalue weighted by Gasteiger charge is 2.04. The fraction of sp³-hybridized carbons (Fsp3) is 0.300. The van der Waals surface area contributed by atoms with Gasteiger partial charge in [0.05, 0.1) is 0 Å². The molecule has 0 aliphatic carbocycles. The molecule has 2 aromatic carbocycles. The predicted octanol–water partition coefficient (Wildman–Crippen LogP) is 2.91. The Hall–Kier alpha value is -2.82. The van der Waals surface area contributed by atoms with Gasteiger partial charge in [-0.1, -0.05) is 18.2 Å². The molecular formula is C20H24N2O3. The molecule has 25 heavy (non-hydrogen) atoms. The van der Waals surface area contributed by atoms with Crippen LogP contribution in [0.15, 0.2) is 54.6 Å². The van der Waals surface area contributed by atoms with Crippen molar-refractivity contribution in [3.8, 4) is 5.75 Å². The number of anilines is 1. The monoisotopic (exact) mass is 340 g/mol. The Balaban J connectivity index is 1.63. The Bertz CT molecular complexity index is 684. The molecule has 0 aromatic heterocycles. The molecule has 0 spiro atoms. The highest BCUT2D eigenvalue weighted by molar-refractivity contribution is 5.94. The van der Waals surface area contributed by atoms with Crippen LogP contribution < -0.4 is 15.0 Å². The molecule has 5 nitrogen and oxygen atoms in total. The van der Waals surface area contributed by atoms with E-state index in [0.29, 0.717) is 17.9 Å². The molecule has 0 saturated heterocycles. The number of nitrogens with one attached hydrogen (secondary N) is 1. The average molecular weight is 340 g/mol. The van der Waals surface area contributed by atoms with Gasteiger partial charge in [0.25, 0.3) is 5.91 Å². The van der Waals surface area contributed by atoms with E-state index < -0.39 is 0 Å². The topological polar surface area (TPSA) is 58.6 Å². The normalized spacial score (nSPS) is 10.2. The number of Topliss-reactive ketones (excluding diaryl/α,β-unsaturated/α-hetero) is 1. The molecular weight excluding hydrogens is 316 g/mol. The number of ether oxygens (including phenoxy) is 1. The van der Waals surface area contributed by atoms with Crippen molar-refractivity contribution in [1.82, 2.24) is 5.32 Å². The minimum atomic E-state index is -0.155. The summed E-state index contributed by atoms with van der Waals surface area (Å²) >= 11 is 0. The molecule has 0 saturated carbocycles. The smallest absolute Gasteiger partial charge is 0.257 e. The number of amides is 1. The van der Waals surface area contributed by atoms with Crippen molar-refractivity contribution in [2.75, 3.05) is 31.6 Å². The first kappa shape index (κ1) is 18.5. The molecule has 132 valence electrons. The predicted molar refractivity (Wildman–Crippen MR) is 99.3 cm³/mol. The van der Waals surface area contributed by atoms with Gasteiger partial charge in [0, 0.05) is 31.4 Å². The van der Waals surface area contributed by atoms with Crippen LogP contribution in [0.4, 0.5) is 5.69 Å². The third-order valence-corrected chi connectivity index (χ3v) is 3.82. The summed E-state index contributed by atoms with van der Waals surface area (Å²) < 4.78 is 5.42. The number of hydrogen-bond acceptors (Lipinski definition) is 4. The lowest BCUT2D eigenvalue weighted by molar-refractivity contribution is -0.123. The van der Waals surface area contributed by atoms with Crippen LogP contribution >= 0.6 is 0 Å². The van der Waals surface area contributed by atoms with Gasteiger partial charge in [0.15, 0.2) is 12.4 Å². The van der Waals surface area contributed by atoms with E-state index in [1.54, 1.807) is 24.3 Å². The zero-order valence-corrected chi connectivity index (χ0v) is 14.7. The van der Waals surface area contributed by atoms with Crippen LogP contribution in [0, 0.1) is 0 Å². The van der Waals surface area contributed by atoms with Crippen molar-refractivity contribution in [3.05, 3.63) is 60.2 Å². The van der Waals surface area contributed by atoms with E-state index >= 15 is 0 Å². The number of ketones is 1. The Kier molecular flexibility index (Phi) is 7.01. The number of benzene rings is 2. The minimum Gasteiger partial charge on any atom is -0.484 e. The van der Waals surface area contributed by atoms with Crippen LogP contribution in [-0.4, -0.2) is 38.4 Å². The summed E-state index contributed by atoms with van der Waals surface area (Å²) in [7, 11) is 2.03. The number of carbonyl (C=O) groups excluding carboxylic acids is 2. The highest BCUT2D eigenvalue weighted by atomic mass is 16.5. The SMILES string of the molecule is CC(=O)c1ccc(OCC(=O)NCCCN(C)c2ccccc2)cc1. The maximum atomic E-state index is 11.8. The van der Waals surface area contributed by atoms with E-state index in [-0.39, 0.29) is 18.3 Å². The summed E-state index contributed by atoms with van der Waals surface area (Å²) in [4.78, 5) is 25.2. The summed E-state index contributed by atoms with van der Waals surface area (Å²) in [5.74, 6) is 0.423. The van der Waals surface area contributed by atoms with Crippen LogP contribution in [0.1, 0.15) is 23.7 Å². The summed E-state index contributed by atoms with van der Waals surface area (Å²) in [6, 6.07) is 16.9. The molecule has 0 unspecified atom stereocenters. The number of rotatable bonds is 9.